The summed E-state index contributed by atoms with van der Waals surface area (Å²) in [6, 6.07) is 15.7. The lowest BCUT2D eigenvalue weighted by Crippen LogP contribution is -2.59. The largest absolute Gasteiger partial charge is 0.478 e. The van der Waals surface area contributed by atoms with Crippen LogP contribution in [0.3, 0.4) is 0 Å². The molecule has 8 nitrogen and oxygen atoms in total. The molecule has 2 aliphatic heterocycles. The number of hydrogen-bond acceptors (Lipinski definition) is 5. The number of carboxylic acids is 1. The summed E-state index contributed by atoms with van der Waals surface area (Å²) in [4.78, 5) is 28.8. The van der Waals surface area contributed by atoms with Gasteiger partial charge in [-0.15, -0.1) is 0 Å². The number of carbonyl (C=O) groups excluding carboxylic acids is 1. The monoisotopic (exact) mass is 650 g/mol. The lowest BCUT2D eigenvalue weighted by atomic mass is 9.77. The standard InChI is InChI=1S/C34H33Cl2FN4O4/c1-17-12-22(13-18(17)2)40-27-16-45-31-23-11-10-19(32(42)43)14-26(23)39-41(31)30(27)28(24-8-5-9-25(36)29(24)37)34(40,3)33(44)38-21-7-4-6-20(35)15-21/h4-11,14-15,17-18,22,27-28,30H,12-13,16H2,1-3H3,(H,38,44)(H,42,43)/t17-,18-,27-,28-,30+,34+/m0/s1. The van der Waals surface area contributed by atoms with Crippen molar-refractivity contribution in [3.8, 4) is 5.88 Å². The molecule has 1 saturated heterocycles. The van der Waals surface area contributed by atoms with Gasteiger partial charge in [0.25, 0.3) is 0 Å². The molecule has 6 atom stereocenters. The van der Waals surface area contributed by atoms with Gasteiger partial charge in [0.05, 0.1) is 33.6 Å². The molecule has 1 amide bonds. The highest BCUT2D eigenvalue weighted by atomic mass is 35.5. The molecule has 0 unspecified atom stereocenters. The molecule has 11 heteroatoms. The van der Waals surface area contributed by atoms with E-state index in [0.29, 0.717) is 44.9 Å². The number of amides is 1. The Balaban J connectivity index is 1.46. The Labute approximate surface area is 270 Å². The highest BCUT2D eigenvalue weighted by Crippen LogP contribution is 2.58. The first-order valence-corrected chi connectivity index (χ1v) is 15.9. The number of anilines is 1. The Morgan fingerprint density at radius 3 is 2.51 bits per heavy atom. The number of aromatic carboxylic acids is 1. The highest BCUT2D eigenvalue weighted by Gasteiger charge is 2.65. The van der Waals surface area contributed by atoms with Crippen molar-refractivity contribution in [2.24, 2.45) is 11.8 Å². The maximum atomic E-state index is 16.2. The summed E-state index contributed by atoms with van der Waals surface area (Å²) in [6.45, 7) is 6.58. The Morgan fingerprint density at radius 1 is 1.07 bits per heavy atom. The zero-order chi connectivity index (χ0) is 31.8. The van der Waals surface area contributed by atoms with E-state index in [1.54, 1.807) is 47.1 Å². The number of likely N-dealkylation sites (tertiary alicyclic amines) is 1. The lowest BCUT2D eigenvalue weighted by Gasteiger charge is -2.43. The second-order valence-corrected chi connectivity index (χ2v) is 13.7. The van der Waals surface area contributed by atoms with E-state index in [1.807, 2.05) is 6.92 Å². The molecule has 7 rings (SSSR count). The SMILES string of the molecule is C[C@H]1CC(N2[C@H]3COc4c5ccc(C(=O)O)cc5nn4[C@H]3[C@H](c3cccc(Cl)c3F)[C@]2(C)C(=O)Nc2cccc(Cl)c2)C[C@@H]1C. The van der Waals surface area contributed by atoms with E-state index in [9.17, 15) is 14.7 Å². The molecule has 3 heterocycles. The van der Waals surface area contributed by atoms with E-state index in [-0.39, 0.29) is 35.2 Å². The number of ether oxygens (including phenoxy) is 1. The van der Waals surface area contributed by atoms with Gasteiger partial charge in [0.1, 0.15) is 18.0 Å². The van der Waals surface area contributed by atoms with Gasteiger partial charge in [-0.2, -0.15) is 5.10 Å². The second kappa shape index (κ2) is 11.0. The van der Waals surface area contributed by atoms with Gasteiger partial charge < -0.3 is 15.2 Å². The zero-order valence-corrected chi connectivity index (χ0v) is 26.5. The molecule has 0 radical (unpaired) electrons. The summed E-state index contributed by atoms with van der Waals surface area (Å²) in [5.41, 5.74) is 0.0982. The summed E-state index contributed by atoms with van der Waals surface area (Å²) in [6.07, 6.45) is 1.73. The number of aromatic nitrogens is 2. The number of nitrogens with one attached hydrogen (secondary N) is 1. The van der Waals surface area contributed by atoms with Crippen LogP contribution in [0.25, 0.3) is 10.9 Å². The van der Waals surface area contributed by atoms with Gasteiger partial charge in [-0.1, -0.05) is 55.2 Å². The van der Waals surface area contributed by atoms with Crippen LogP contribution >= 0.6 is 23.2 Å². The van der Waals surface area contributed by atoms with Gasteiger partial charge in [-0.25, -0.2) is 13.9 Å². The molecule has 234 valence electrons. The number of carboxylic acid groups (broad SMARTS) is 1. The molecule has 2 N–H and O–H groups in total. The Morgan fingerprint density at radius 2 is 1.80 bits per heavy atom. The van der Waals surface area contributed by atoms with Crippen LogP contribution in [-0.4, -0.2) is 55.9 Å². The van der Waals surface area contributed by atoms with Crippen molar-refractivity contribution in [2.75, 3.05) is 11.9 Å². The molecule has 2 fully saturated rings. The summed E-state index contributed by atoms with van der Waals surface area (Å²) in [5, 5.41) is 18.7. The maximum Gasteiger partial charge on any atom is 0.335 e. The van der Waals surface area contributed by atoms with Crippen molar-refractivity contribution < 1.29 is 23.8 Å². The van der Waals surface area contributed by atoms with Crippen LogP contribution in [0, 0.1) is 17.7 Å². The van der Waals surface area contributed by atoms with Crippen LogP contribution < -0.4 is 10.1 Å². The van der Waals surface area contributed by atoms with Gasteiger partial charge in [0.2, 0.25) is 11.8 Å². The average Bonchev–Trinajstić information content (AvgIpc) is 3.62. The van der Waals surface area contributed by atoms with Crippen LogP contribution in [-0.2, 0) is 4.79 Å². The first-order valence-electron chi connectivity index (χ1n) is 15.2. The first kappa shape index (κ1) is 30.0. The minimum atomic E-state index is -1.28. The average molecular weight is 652 g/mol. The predicted molar refractivity (Wildman–Crippen MR) is 171 cm³/mol. The zero-order valence-electron chi connectivity index (χ0n) is 25.0. The predicted octanol–water partition coefficient (Wildman–Crippen LogP) is 7.41. The van der Waals surface area contributed by atoms with Crippen LogP contribution in [0.5, 0.6) is 5.88 Å². The van der Waals surface area contributed by atoms with Crippen molar-refractivity contribution in [3.63, 3.8) is 0 Å². The van der Waals surface area contributed by atoms with Crippen molar-refractivity contribution >= 4 is 51.7 Å². The van der Waals surface area contributed by atoms with Gasteiger partial charge in [-0.3, -0.25) is 9.69 Å². The molecular formula is C34H33Cl2FN4O4. The van der Waals surface area contributed by atoms with Crippen LogP contribution in [0.2, 0.25) is 10.0 Å². The van der Waals surface area contributed by atoms with Crippen molar-refractivity contribution in [1.82, 2.24) is 14.7 Å². The fourth-order valence-electron chi connectivity index (χ4n) is 8.06. The van der Waals surface area contributed by atoms with Crippen LogP contribution in [0.4, 0.5) is 10.1 Å². The fourth-order valence-corrected chi connectivity index (χ4v) is 8.43. The van der Waals surface area contributed by atoms with Crippen molar-refractivity contribution in [2.45, 2.75) is 63.2 Å². The number of benzene rings is 3. The van der Waals surface area contributed by atoms with Gasteiger partial charge >= 0.3 is 5.97 Å². The molecule has 3 aromatic carbocycles. The van der Waals surface area contributed by atoms with E-state index in [1.165, 1.54) is 18.2 Å². The van der Waals surface area contributed by atoms with E-state index in [4.69, 9.17) is 33.0 Å². The number of carbonyl (C=O) groups is 2. The van der Waals surface area contributed by atoms with E-state index >= 15 is 4.39 Å². The number of hydrogen-bond donors (Lipinski definition) is 2. The van der Waals surface area contributed by atoms with Crippen molar-refractivity contribution in [1.29, 1.82) is 0 Å². The normalized spacial score (nSPS) is 28.1. The minimum absolute atomic E-state index is 0.0126. The summed E-state index contributed by atoms with van der Waals surface area (Å²) in [7, 11) is 0. The third-order valence-electron chi connectivity index (χ3n) is 10.3. The lowest BCUT2D eigenvalue weighted by molar-refractivity contribution is -0.129. The van der Waals surface area contributed by atoms with Gasteiger partial charge in [-0.05, 0) is 79.6 Å². The van der Waals surface area contributed by atoms with Crippen LogP contribution in [0.1, 0.15) is 61.5 Å². The maximum absolute atomic E-state index is 16.2. The van der Waals surface area contributed by atoms with E-state index in [0.717, 1.165) is 12.8 Å². The number of halogens is 3. The molecule has 0 spiro atoms. The molecule has 45 heavy (non-hydrogen) atoms. The van der Waals surface area contributed by atoms with Gasteiger partial charge in [0, 0.05) is 22.7 Å². The molecular weight excluding hydrogens is 618 g/mol. The molecule has 3 aliphatic rings. The summed E-state index contributed by atoms with van der Waals surface area (Å²) >= 11 is 12.7. The fraction of sp³-hybridized carbons (Fsp3) is 0.382. The van der Waals surface area contributed by atoms with E-state index < -0.39 is 29.3 Å². The highest BCUT2D eigenvalue weighted by molar-refractivity contribution is 6.31. The number of fused-ring (bicyclic) bond motifs is 5. The molecule has 1 aliphatic carbocycles. The Kier molecular flexibility index (Phi) is 7.34. The quantitative estimate of drug-likeness (QED) is 0.233. The first-order chi connectivity index (χ1) is 21.5. The molecule has 0 bridgehead atoms. The minimum Gasteiger partial charge on any atom is -0.478 e. The third-order valence-corrected chi connectivity index (χ3v) is 10.8. The Bertz CT molecular complexity index is 1840. The number of nitrogens with zero attached hydrogens (tertiary/aromatic N) is 3. The third kappa shape index (κ3) is 4.70. The molecule has 4 aromatic rings. The van der Waals surface area contributed by atoms with E-state index in [2.05, 4.69) is 24.1 Å². The second-order valence-electron chi connectivity index (χ2n) is 12.9. The molecule has 1 aromatic heterocycles. The molecule has 1 saturated carbocycles. The Hall–Kier alpha value is -3.66. The smallest absolute Gasteiger partial charge is 0.335 e. The summed E-state index contributed by atoms with van der Waals surface area (Å²) < 4.78 is 24.4. The summed E-state index contributed by atoms with van der Waals surface area (Å²) in [5.74, 6) is -1.39. The number of rotatable bonds is 5. The van der Waals surface area contributed by atoms with Gasteiger partial charge in [0.15, 0.2) is 0 Å². The topological polar surface area (TPSA) is 96.7 Å². The van der Waals surface area contributed by atoms with Crippen molar-refractivity contribution in [3.05, 3.63) is 87.7 Å². The van der Waals surface area contributed by atoms with Crippen LogP contribution in [0.15, 0.2) is 60.7 Å².